The fourth-order valence-electron chi connectivity index (χ4n) is 3.56. The van der Waals surface area contributed by atoms with Crippen LogP contribution in [0.15, 0.2) is 30.3 Å². The van der Waals surface area contributed by atoms with Crippen molar-refractivity contribution in [2.75, 3.05) is 19.8 Å². The predicted octanol–water partition coefficient (Wildman–Crippen LogP) is 1.08. The van der Waals surface area contributed by atoms with Gasteiger partial charge in [-0.2, -0.15) is 0 Å². The molecule has 2 rings (SSSR count). The maximum absolute atomic E-state index is 12.8. The number of carbonyl (C=O) groups is 3. The molecule has 3 atom stereocenters. The number of hydrogen-bond acceptors (Lipinski definition) is 6. The molecule has 1 heterocycles. The Labute approximate surface area is 166 Å². The van der Waals surface area contributed by atoms with Gasteiger partial charge in [0.25, 0.3) is 0 Å². The van der Waals surface area contributed by atoms with Crippen molar-refractivity contribution in [1.82, 2.24) is 10.2 Å². The van der Waals surface area contributed by atoms with Gasteiger partial charge in [-0.1, -0.05) is 30.3 Å². The van der Waals surface area contributed by atoms with E-state index in [1.807, 2.05) is 30.3 Å². The molecule has 1 saturated heterocycles. The number of benzene rings is 1. The van der Waals surface area contributed by atoms with Gasteiger partial charge in [0.05, 0.1) is 18.7 Å². The largest absolute Gasteiger partial charge is 0.465 e. The number of Topliss-reactive ketones (excluding diaryl/α,β-unsaturated/α-hetero) is 1. The lowest BCUT2D eigenvalue weighted by atomic mass is 10.0. The Morgan fingerprint density at radius 1 is 1.29 bits per heavy atom. The molecule has 1 aliphatic heterocycles. The average Bonchev–Trinajstić information content (AvgIpc) is 3.20. The minimum absolute atomic E-state index is 0.238. The molecule has 0 saturated carbocycles. The van der Waals surface area contributed by atoms with E-state index in [4.69, 9.17) is 9.84 Å². The topological polar surface area (TPSA) is 95.9 Å². The molecular weight excluding hydrogens is 360 g/mol. The van der Waals surface area contributed by atoms with Crippen LogP contribution in [0, 0.1) is 0 Å². The molecule has 0 aromatic heterocycles. The molecule has 1 amide bonds. The highest BCUT2D eigenvalue weighted by Crippen LogP contribution is 2.19. The van der Waals surface area contributed by atoms with Gasteiger partial charge in [-0.3, -0.25) is 19.7 Å². The van der Waals surface area contributed by atoms with E-state index >= 15 is 0 Å². The summed E-state index contributed by atoms with van der Waals surface area (Å²) in [6.07, 6.45) is 2.46. The number of nitrogens with zero attached hydrogens (tertiary/aromatic N) is 1. The lowest BCUT2D eigenvalue weighted by Crippen LogP contribution is -2.53. The third-order valence-corrected chi connectivity index (χ3v) is 5.02. The summed E-state index contributed by atoms with van der Waals surface area (Å²) in [7, 11) is 0. The highest BCUT2D eigenvalue weighted by Gasteiger charge is 2.36. The fourth-order valence-corrected chi connectivity index (χ4v) is 3.56. The van der Waals surface area contributed by atoms with E-state index in [1.54, 1.807) is 13.8 Å². The van der Waals surface area contributed by atoms with E-state index in [1.165, 1.54) is 4.90 Å². The molecule has 28 heavy (non-hydrogen) atoms. The summed E-state index contributed by atoms with van der Waals surface area (Å²) in [6, 6.07) is 7.97. The van der Waals surface area contributed by atoms with Crippen LogP contribution in [0.3, 0.4) is 0 Å². The van der Waals surface area contributed by atoms with Gasteiger partial charge in [0.15, 0.2) is 5.78 Å². The molecule has 7 heteroatoms. The first-order valence-electron chi connectivity index (χ1n) is 9.88. The van der Waals surface area contributed by atoms with Crippen molar-refractivity contribution in [2.45, 2.75) is 57.7 Å². The molecular formula is C21H30N2O5. The first kappa shape index (κ1) is 22.0. The smallest absolute Gasteiger partial charge is 0.323 e. The lowest BCUT2D eigenvalue weighted by Gasteiger charge is -2.28. The number of hydrogen-bond donors (Lipinski definition) is 2. The highest BCUT2D eigenvalue weighted by molar-refractivity contribution is 5.92. The van der Waals surface area contributed by atoms with Gasteiger partial charge in [-0.05, 0) is 45.1 Å². The second-order valence-electron chi connectivity index (χ2n) is 7.03. The molecule has 1 aromatic rings. The Bertz CT molecular complexity index is 664. The number of carbonyl (C=O) groups excluding carboxylic acids is 3. The van der Waals surface area contributed by atoms with Gasteiger partial charge < -0.3 is 14.7 Å². The minimum Gasteiger partial charge on any atom is -0.465 e. The van der Waals surface area contributed by atoms with Crippen molar-refractivity contribution in [3.05, 3.63) is 35.9 Å². The third-order valence-electron chi connectivity index (χ3n) is 5.02. The van der Waals surface area contributed by atoms with Crippen LogP contribution in [0.5, 0.6) is 0 Å². The summed E-state index contributed by atoms with van der Waals surface area (Å²) >= 11 is 0. The number of ketones is 1. The van der Waals surface area contributed by atoms with Gasteiger partial charge in [-0.15, -0.1) is 0 Å². The Balaban J connectivity index is 2.01. The number of likely N-dealkylation sites (tertiary alicyclic amines) is 1. The van der Waals surface area contributed by atoms with Crippen molar-refractivity contribution in [3.8, 4) is 0 Å². The van der Waals surface area contributed by atoms with Crippen molar-refractivity contribution in [2.24, 2.45) is 0 Å². The summed E-state index contributed by atoms with van der Waals surface area (Å²) in [5, 5.41) is 12.2. The summed E-state index contributed by atoms with van der Waals surface area (Å²) < 4.78 is 5.16. The van der Waals surface area contributed by atoms with Gasteiger partial charge in [-0.25, -0.2) is 0 Å². The lowest BCUT2D eigenvalue weighted by molar-refractivity contribution is -0.147. The van der Waals surface area contributed by atoms with Gasteiger partial charge in [0, 0.05) is 6.54 Å². The number of ether oxygens (including phenoxy) is 1. The number of nitrogens with one attached hydrogen (secondary N) is 1. The number of aliphatic hydroxyl groups is 1. The summed E-state index contributed by atoms with van der Waals surface area (Å²) in [5.74, 6) is -0.968. The molecule has 1 fully saturated rings. The fraction of sp³-hybridized carbons (Fsp3) is 0.571. The Morgan fingerprint density at radius 3 is 2.64 bits per heavy atom. The predicted molar refractivity (Wildman–Crippen MR) is 105 cm³/mol. The van der Waals surface area contributed by atoms with Crippen LogP contribution in [0.25, 0.3) is 0 Å². The van der Waals surface area contributed by atoms with Crippen molar-refractivity contribution in [3.63, 3.8) is 0 Å². The molecule has 0 radical (unpaired) electrons. The Morgan fingerprint density at radius 2 is 2.00 bits per heavy atom. The van der Waals surface area contributed by atoms with Crippen molar-refractivity contribution >= 4 is 17.7 Å². The average molecular weight is 390 g/mol. The SMILES string of the molecule is CCOC(=O)C(CCc1ccccc1)N[C@@H](C)C(=O)N1CCC[C@H]1C(=O)CO. The molecule has 2 N–H and O–H groups in total. The van der Waals surface area contributed by atoms with E-state index in [-0.39, 0.29) is 24.3 Å². The monoisotopic (exact) mass is 390 g/mol. The maximum Gasteiger partial charge on any atom is 0.323 e. The molecule has 1 unspecified atom stereocenters. The molecule has 1 aromatic carbocycles. The van der Waals surface area contributed by atoms with Crippen LogP contribution in [0.1, 0.15) is 38.7 Å². The van der Waals surface area contributed by atoms with Crippen LogP contribution >= 0.6 is 0 Å². The van der Waals surface area contributed by atoms with E-state index in [2.05, 4.69) is 5.32 Å². The summed E-state index contributed by atoms with van der Waals surface area (Å²) in [4.78, 5) is 38.6. The molecule has 0 bridgehead atoms. The van der Waals surface area contributed by atoms with Crippen LogP contribution in [-0.4, -0.2) is 65.6 Å². The quantitative estimate of drug-likeness (QED) is 0.581. The normalized spacial score (nSPS) is 18.5. The summed E-state index contributed by atoms with van der Waals surface area (Å²) in [5.41, 5.74) is 1.10. The van der Waals surface area contributed by atoms with E-state index in [0.717, 1.165) is 12.0 Å². The van der Waals surface area contributed by atoms with Crippen LogP contribution in [-0.2, 0) is 25.5 Å². The standard InChI is InChI=1S/C21H30N2O5/c1-3-28-21(27)17(12-11-16-8-5-4-6-9-16)22-15(2)20(26)23-13-7-10-18(23)19(25)14-24/h4-6,8-9,15,17-18,22,24H,3,7,10-14H2,1-2H3/t15-,17?,18-/m0/s1. The van der Waals surface area contributed by atoms with Crippen LogP contribution < -0.4 is 5.32 Å². The number of aliphatic hydroxyl groups excluding tert-OH is 1. The van der Waals surface area contributed by atoms with Crippen molar-refractivity contribution in [1.29, 1.82) is 0 Å². The van der Waals surface area contributed by atoms with Gasteiger partial charge in [0.2, 0.25) is 5.91 Å². The van der Waals surface area contributed by atoms with E-state index in [0.29, 0.717) is 25.8 Å². The maximum atomic E-state index is 12.8. The molecule has 0 spiro atoms. The van der Waals surface area contributed by atoms with Crippen LogP contribution in [0.4, 0.5) is 0 Å². The zero-order valence-corrected chi connectivity index (χ0v) is 16.6. The second kappa shape index (κ2) is 10.9. The number of esters is 1. The van der Waals surface area contributed by atoms with E-state index in [9.17, 15) is 14.4 Å². The van der Waals surface area contributed by atoms with Crippen LogP contribution in [0.2, 0.25) is 0 Å². The Kier molecular flexibility index (Phi) is 8.60. The second-order valence-corrected chi connectivity index (χ2v) is 7.03. The van der Waals surface area contributed by atoms with Gasteiger partial charge >= 0.3 is 5.97 Å². The van der Waals surface area contributed by atoms with Crippen molar-refractivity contribution < 1.29 is 24.2 Å². The molecule has 0 aliphatic carbocycles. The molecule has 7 nitrogen and oxygen atoms in total. The zero-order chi connectivity index (χ0) is 20.5. The first-order valence-corrected chi connectivity index (χ1v) is 9.88. The Hall–Kier alpha value is -2.25. The first-order chi connectivity index (χ1) is 13.5. The summed E-state index contributed by atoms with van der Waals surface area (Å²) in [6.45, 7) is 3.62. The number of aryl methyl sites for hydroxylation is 1. The molecule has 1 aliphatic rings. The zero-order valence-electron chi connectivity index (χ0n) is 16.6. The number of amides is 1. The number of rotatable bonds is 10. The third kappa shape index (κ3) is 5.87. The highest BCUT2D eigenvalue weighted by atomic mass is 16.5. The van der Waals surface area contributed by atoms with Gasteiger partial charge in [0.1, 0.15) is 12.6 Å². The minimum atomic E-state index is -0.641. The molecule has 154 valence electrons. The van der Waals surface area contributed by atoms with E-state index < -0.39 is 24.7 Å².